The van der Waals surface area contributed by atoms with Crippen LogP contribution in [-0.2, 0) is 6.54 Å². The van der Waals surface area contributed by atoms with Gasteiger partial charge >= 0.3 is 5.56 Å². The Hall–Kier alpha value is -3.14. The molecule has 5 aromatic rings. The number of ether oxygens (including phenoxy) is 1. The third kappa shape index (κ3) is 2.04. The van der Waals surface area contributed by atoms with Crippen molar-refractivity contribution >= 4 is 38.2 Å². The van der Waals surface area contributed by atoms with Crippen LogP contribution in [-0.4, -0.2) is 11.0 Å². The van der Waals surface area contributed by atoms with E-state index >= 15 is 0 Å². The van der Waals surface area contributed by atoms with Crippen LogP contribution in [0.3, 0.4) is 0 Å². The Morgan fingerprint density at radius 3 is 2.59 bits per heavy atom. The van der Waals surface area contributed by atoms with Gasteiger partial charge in [0.2, 0.25) is 0 Å². The van der Waals surface area contributed by atoms with Crippen LogP contribution in [0, 0.1) is 6.92 Å². The first-order valence-electron chi connectivity index (χ1n) is 9.44. The van der Waals surface area contributed by atoms with Crippen molar-refractivity contribution in [2.45, 2.75) is 27.3 Å². The molecule has 0 unspecified atom stereocenters. The summed E-state index contributed by atoms with van der Waals surface area (Å²) in [5, 5.41) is 4.08. The van der Waals surface area contributed by atoms with Crippen molar-refractivity contribution in [1.29, 1.82) is 0 Å². The highest BCUT2D eigenvalue weighted by Crippen LogP contribution is 2.31. The molecule has 0 aliphatic carbocycles. The molecule has 0 aliphatic heterocycles. The standard InChI is InChI=1S/C23H21N2O2/c1-4-24-19-12-10-15(27-5-2)13-20(19)25-22(24)17-11-9-14(3)16-7-6-8-18(21(16)17)23(25)26/h6-13H,4-5H2,1-3H3/q+1. The number of hydrogen-bond donors (Lipinski definition) is 0. The maximum Gasteiger partial charge on any atom is 0.347 e. The quantitative estimate of drug-likeness (QED) is 0.453. The first-order chi connectivity index (χ1) is 13.2. The Kier molecular flexibility index (Phi) is 3.38. The number of nitrogens with zero attached hydrogens (tertiary/aromatic N) is 2. The van der Waals surface area contributed by atoms with E-state index in [0.717, 1.165) is 50.5 Å². The predicted molar refractivity (Wildman–Crippen MR) is 109 cm³/mol. The monoisotopic (exact) mass is 357 g/mol. The van der Waals surface area contributed by atoms with Crippen molar-refractivity contribution in [1.82, 2.24) is 4.40 Å². The average Bonchev–Trinajstić information content (AvgIpc) is 3.01. The third-order valence-corrected chi connectivity index (χ3v) is 5.51. The Balaban J connectivity index is 2.12. The molecule has 0 radical (unpaired) electrons. The first kappa shape index (κ1) is 16.1. The first-order valence-corrected chi connectivity index (χ1v) is 9.44. The molecule has 2 heterocycles. The van der Waals surface area contributed by atoms with Gasteiger partial charge in [0.1, 0.15) is 5.75 Å². The minimum absolute atomic E-state index is 0.0274. The Labute approximate surface area is 156 Å². The number of imidazole rings is 1. The van der Waals surface area contributed by atoms with E-state index in [4.69, 9.17) is 4.74 Å². The molecule has 2 aromatic heterocycles. The van der Waals surface area contributed by atoms with E-state index in [1.54, 1.807) is 0 Å². The van der Waals surface area contributed by atoms with E-state index in [1.807, 2.05) is 35.6 Å². The maximum atomic E-state index is 13.5. The molecule has 0 N–H and O–H groups in total. The third-order valence-electron chi connectivity index (χ3n) is 5.51. The zero-order valence-electron chi connectivity index (χ0n) is 15.7. The normalized spacial score (nSPS) is 12.0. The van der Waals surface area contributed by atoms with Crippen LogP contribution in [0.2, 0.25) is 0 Å². The summed E-state index contributed by atoms with van der Waals surface area (Å²) in [5.41, 5.74) is 4.11. The van der Waals surface area contributed by atoms with Gasteiger partial charge in [-0.05, 0) is 56.0 Å². The Morgan fingerprint density at radius 2 is 1.81 bits per heavy atom. The molecule has 0 fully saturated rings. The molecule has 27 heavy (non-hydrogen) atoms. The largest absolute Gasteiger partial charge is 0.494 e. The summed E-state index contributed by atoms with van der Waals surface area (Å²) in [6.07, 6.45) is 0. The highest BCUT2D eigenvalue weighted by Gasteiger charge is 2.26. The number of rotatable bonds is 3. The maximum absolute atomic E-state index is 13.5. The van der Waals surface area contributed by atoms with Crippen molar-refractivity contribution in [3.05, 3.63) is 64.4 Å². The number of fused-ring (bicyclic) bond motifs is 4. The fourth-order valence-electron chi connectivity index (χ4n) is 4.35. The number of pyridine rings is 1. The van der Waals surface area contributed by atoms with Gasteiger partial charge in [0, 0.05) is 11.5 Å². The van der Waals surface area contributed by atoms with Crippen molar-refractivity contribution in [3.63, 3.8) is 0 Å². The van der Waals surface area contributed by atoms with Crippen LogP contribution in [0.15, 0.2) is 53.3 Å². The lowest BCUT2D eigenvalue weighted by Gasteiger charge is -2.07. The molecular formula is C23H21N2O2+. The molecule has 0 saturated carbocycles. The van der Waals surface area contributed by atoms with Gasteiger partial charge in [-0.2, -0.15) is 4.40 Å². The van der Waals surface area contributed by atoms with E-state index < -0.39 is 0 Å². The summed E-state index contributed by atoms with van der Waals surface area (Å²) in [7, 11) is 0. The lowest BCUT2D eigenvalue weighted by molar-refractivity contribution is -0.641. The molecule has 0 bridgehead atoms. The number of hydrogen-bond acceptors (Lipinski definition) is 2. The van der Waals surface area contributed by atoms with Crippen molar-refractivity contribution in [3.8, 4) is 5.75 Å². The average molecular weight is 357 g/mol. The molecule has 3 aromatic carbocycles. The minimum atomic E-state index is 0.0274. The summed E-state index contributed by atoms with van der Waals surface area (Å²) in [5.74, 6) is 0.786. The zero-order valence-corrected chi connectivity index (χ0v) is 15.7. The number of aromatic nitrogens is 2. The molecule has 4 nitrogen and oxygen atoms in total. The van der Waals surface area contributed by atoms with Crippen molar-refractivity contribution < 1.29 is 9.30 Å². The van der Waals surface area contributed by atoms with Gasteiger partial charge in [0.05, 0.1) is 23.9 Å². The lowest BCUT2D eigenvalue weighted by Crippen LogP contribution is -2.33. The fraction of sp³-hybridized carbons (Fsp3) is 0.217. The van der Waals surface area contributed by atoms with E-state index in [1.165, 1.54) is 5.56 Å². The van der Waals surface area contributed by atoms with Gasteiger partial charge in [0.15, 0.2) is 11.0 Å². The zero-order chi connectivity index (χ0) is 18.7. The summed E-state index contributed by atoms with van der Waals surface area (Å²) in [6, 6.07) is 16.3. The summed E-state index contributed by atoms with van der Waals surface area (Å²) >= 11 is 0. The van der Waals surface area contributed by atoms with Crippen LogP contribution in [0.4, 0.5) is 0 Å². The van der Waals surface area contributed by atoms with Crippen LogP contribution in [0.1, 0.15) is 19.4 Å². The second-order valence-electron chi connectivity index (χ2n) is 6.95. The number of benzene rings is 3. The second kappa shape index (κ2) is 5.68. The van der Waals surface area contributed by atoms with E-state index in [9.17, 15) is 4.79 Å². The van der Waals surface area contributed by atoms with Crippen LogP contribution >= 0.6 is 0 Å². The summed E-state index contributed by atoms with van der Waals surface area (Å²) in [6.45, 7) is 7.57. The van der Waals surface area contributed by atoms with Gasteiger partial charge in [-0.15, -0.1) is 0 Å². The van der Waals surface area contributed by atoms with Gasteiger partial charge in [-0.25, -0.2) is 9.36 Å². The minimum Gasteiger partial charge on any atom is -0.494 e. The second-order valence-corrected chi connectivity index (χ2v) is 6.95. The van der Waals surface area contributed by atoms with Crippen molar-refractivity contribution in [2.24, 2.45) is 0 Å². The fourth-order valence-corrected chi connectivity index (χ4v) is 4.35. The molecular weight excluding hydrogens is 336 g/mol. The lowest BCUT2D eigenvalue weighted by atomic mass is 9.99. The van der Waals surface area contributed by atoms with Crippen LogP contribution in [0.5, 0.6) is 5.75 Å². The highest BCUT2D eigenvalue weighted by molar-refractivity contribution is 6.15. The predicted octanol–water partition coefficient (Wildman–Crippen LogP) is 4.21. The van der Waals surface area contributed by atoms with Gasteiger partial charge in [0.25, 0.3) is 5.65 Å². The smallest absolute Gasteiger partial charge is 0.347 e. The molecule has 134 valence electrons. The van der Waals surface area contributed by atoms with E-state index in [-0.39, 0.29) is 5.56 Å². The number of aryl methyl sites for hydroxylation is 2. The molecule has 0 amide bonds. The molecule has 0 aliphatic rings. The summed E-state index contributed by atoms with van der Waals surface area (Å²) < 4.78 is 9.77. The van der Waals surface area contributed by atoms with Crippen molar-refractivity contribution in [2.75, 3.05) is 6.61 Å². The topological polar surface area (TPSA) is 34.6 Å². The van der Waals surface area contributed by atoms with E-state index in [0.29, 0.717) is 6.61 Å². The molecule has 0 atom stereocenters. The van der Waals surface area contributed by atoms with E-state index in [2.05, 4.69) is 42.7 Å². The molecule has 4 heteroatoms. The molecule has 0 spiro atoms. The van der Waals surface area contributed by atoms with Gasteiger partial charge < -0.3 is 4.74 Å². The molecule has 0 saturated heterocycles. The SMILES string of the molecule is CCOc1ccc2c(c1)n1c(=O)c3cccc4c(C)ccc(c43)c1[n+]2CC. The highest BCUT2D eigenvalue weighted by atomic mass is 16.5. The van der Waals surface area contributed by atoms with Gasteiger partial charge in [-0.1, -0.05) is 18.2 Å². The Morgan fingerprint density at radius 1 is 1.00 bits per heavy atom. The van der Waals surface area contributed by atoms with Gasteiger partial charge in [-0.3, -0.25) is 0 Å². The molecule has 5 rings (SSSR count). The van der Waals surface area contributed by atoms with Crippen LogP contribution in [0.25, 0.3) is 38.2 Å². The Bertz CT molecular complexity index is 1400. The summed E-state index contributed by atoms with van der Waals surface area (Å²) in [4.78, 5) is 13.5. The van der Waals surface area contributed by atoms with Crippen LogP contribution < -0.4 is 14.9 Å².